The van der Waals surface area contributed by atoms with E-state index in [0.29, 0.717) is 18.7 Å². The molecule has 0 unspecified atom stereocenters. The van der Waals surface area contributed by atoms with E-state index in [1.807, 2.05) is 84.9 Å². The predicted molar refractivity (Wildman–Crippen MR) is 191 cm³/mol. The molecule has 3 amide bonds. The van der Waals surface area contributed by atoms with Crippen molar-refractivity contribution in [2.24, 2.45) is 10.8 Å². The number of carbonyl (C=O) groups is 3. The van der Waals surface area contributed by atoms with E-state index < -0.39 is 11.5 Å². The minimum Gasteiger partial charge on any atom is -0.351 e. The fourth-order valence-electron chi connectivity index (χ4n) is 7.43. The summed E-state index contributed by atoms with van der Waals surface area (Å²) in [5, 5.41) is 9.45. The molecule has 3 saturated carbocycles. The Bertz CT molecular complexity index is 1720. The molecule has 48 heavy (non-hydrogen) atoms. The van der Waals surface area contributed by atoms with E-state index in [4.69, 9.17) is 0 Å². The van der Waals surface area contributed by atoms with Crippen LogP contribution in [0.2, 0.25) is 0 Å². The van der Waals surface area contributed by atoms with Gasteiger partial charge in [-0.2, -0.15) is 0 Å². The van der Waals surface area contributed by atoms with Crippen LogP contribution < -0.4 is 16.0 Å². The van der Waals surface area contributed by atoms with Crippen LogP contribution in [0, 0.1) is 10.8 Å². The number of carbonyl (C=O) groups excluding carboxylic acids is 3. The number of hydrogen-bond acceptors (Lipinski definition) is 3. The maximum absolute atomic E-state index is 14.0. The van der Waals surface area contributed by atoms with Gasteiger partial charge in [-0.3, -0.25) is 14.4 Å². The van der Waals surface area contributed by atoms with Gasteiger partial charge in [0.15, 0.2) is 0 Å². The lowest BCUT2D eigenvalue weighted by Crippen LogP contribution is -2.54. The van der Waals surface area contributed by atoms with Crippen LogP contribution in [-0.2, 0) is 21.5 Å². The maximum Gasteiger partial charge on any atom is 0.251 e. The van der Waals surface area contributed by atoms with Crippen molar-refractivity contribution >= 4 is 17.7 Å². The molecule has 0 spiro atoms. The van der Waals surface area contributed by atoms with Crippen LogP contribution in [0.5, 0.6) is 0 Å². The van der Waals surface area contributed by atoms with Gasteiger partial charge in [-0.25, -0.2) is 0 Å². The second kappa shape index (κ2) is 13.8. The summed E-state index contributed by atoms with van der Waals surface area (Å²) in [7, 11) is 0. The van der Waals surface area contributed by atoms with Gasteiger partial charge in [0.05, 0.1) is 0 Å². The van der Waals surface area contributed by atoms with Crippen molar-refractivity contribution in [3.05, 3.63) is 131 Å². The summed E-state index contributed by atoms with van der Waals surface area (Å²) in [4.78, 5) is 41.0. The molecule has 7 rings (SSSR count). The van der Waals surface area contributed by atoms with Crippen LogP contribution in [0.1, 0.15) is 92.4 Å². The smallest absolute Gasteiger partial charge is 0.251 e. The lowest BCUT2D eigenvalue weighted by atomic mass is 9.53. The van der Waals surface area contributed by atoms with Crippen molar-refractivity contribution in [3.63, 3.8) is 0 Å². The number of hydrogen-bond donors (Lipinski definition) is 3. The number of nitrogens with one attached hydrogen (secondary N) is 3. The van der Waals surface area contributed by atoms with Crippen molar-refractivity contribution in [3.8, 4) is 11.1 Å². The standard InChI is InChI=1S/C42H47N3O3/c1-40(2,3)33-20-18-31(19-21-33)34-16-10-11-17-35(34)37(46)44-29-41-22-25-42(26-23-41,27-24-41)39(48)45-36(32-14-8-5-9-15-32)38(47)43-28-30-12-6-4-7-13-30/h4-21,36H,22-29H2,1-3H3,(H,43,47)(H,44,46)(H,45,48)/t36-,41?,42?/m0/s1. The molecule has 0 aliphatic heterocycles. The Kier molecular flexibility index (Phi) is 9.54. The van der Waals surface area contributed by atoms with Gasteiger partial charge in [0.1, 0.15) is 6.04 Å². The first kappa shape index (κ1) is 33.2. The third-order valence-electron chi connectivity index (χ3n) is 10.7. The van der Waals surface area contributed by atoms with Gasteiger partial charge < -0.3 is 16.0 Å². The highest BCUT2D eigenvalue weighted by atomic mass is 16.2. The summed E-state index contributed by atoms with van der Waals surface area (Å²) in [5.74, 6) is -0.328. The molecule has 0 aromatic heterocycles. The van der Waals surface area contributed by atoms with Gasteiger partial charge >= 0.3 is 0 Å². The number of rotatable bonds is 10. The normalized spacial score (nSPS) is 20.8. The van der Waals surface area contributed by atoms with Gasteiger partial charge in [-0.05, 0) is 83.2 Å². The zero-order valence-electron chi connectivity index (χ0n) is 28.4. The number of benzene rings is 4. The SMILES string of the molecule is CC(C)(C)c1ccc(-c2ccccc2C(=O)NCC23CCC(C(=O)N[C@H](C(=O)NCc4ccccc4)c4ccccc4)(CC2)CC3)cc1. The quantitative estimate of drug-likeness (QED) is 0.165. The average molecular weight is 642 g/mol. The fraction of sp³-hybridized carbons (Fsp3) is 0.357. The predicted octanol–water partition coefficient (Wildman–Crippen LogP) is 7.90. The highest BCUT2D eigenvalue weighted by Gasteiger charge is 2.52. The maximum atomic E-state index is 14.0. The van der Waals surface area contributed by atoms with Crippen molar-refractivity contribution in [1.29, 1.82) is 0 Å². The second-order valence-electron chi connectivity index (χ2n) is 14.9. The van der Waals surface area contributed by atoms with E-state index in [0.717, 1.165) is 60.8 Å². The summed E-state index contributed by atoms with van der Waals surface area (Å²) >= 11 is 0. The van der Waals surface area contributed by atoms with E-state index in [9.17, 15) is 14.4 Å². The van der Waals surface area contributed by atoms with Crippen molar-refractivity contribution in [1.82, 2.24) is 16.0 Å². The van der Waals surface area contributed by atoms with Crippen LogP contribution in [-0.4, -0.2) is 24.3 Å². The van der Waals surface area contributed by atoms with E-state index in [1.54, 1.807) is 0 Å². The van der Waals surface area contributed by atoms with E-state index >= 15 is 0 Å². The molecule has 6 heteroatoms. The van der Waals surface area contributed by atoms with E-state index in [2.05, 4.69) is 61.0 Å². The molecule has 0 heterocycles. The van der Waals surface area contributed by atoms with E-state index in [-0.39, 0.29) is 28.6 Å². The Morgan fingerprint density at radius 3 is 1.90 bits per heavy atom. The Morgan fingerprint density at radius 1 is 0.688 bits per heavy atom. The van der Waals surface area contributed by atoms with E-state index in [1.165, 1.54) is 5.56 Å². The number of amides is 3. The van der Waals surface area contributed by atoms with Crippen LogP contribution in [0.25, 0.3) is 11.1 Å². The molecule has 3 N–H and O–H groups in total. The molecule has 248 valence electrons. The molecular formula is C42H47N3O3. The third-order valence-corrected chi connectivity index (χ3v) is 10.7. The highest BCUT2D eigenvalue weighted by molar-refractivity contribution is 6.01. The Morgan fingerprint density at radius 2 is 1.27 bits per heavy atom. The van der Waals surface area contributed by atoms with Crippen LogP contribution >= 0.6 is 0 Å². The summed E-state index contributed by atoms with van der Waals surface area (Å²) in [6.07, 6.45) is 4.85. The molecule has 0 saturated heterocycles. The first-order valence-electron chi connectivity index (χ1n) is 17.2. The second-order valence-corrected chi connectivity index (χ2v) is 14.9. The summed E-state index contributed by atoms with van der Waals surface area (Å²) < 4.78 is 0. The van der Waals surface area contributed by atoms with Gasteiger partial charge in [0.2, 0.25) is 11.8 Å². The van der Waals surface area contributed by atoms with Crippen molar-refractivity contribution in [2.45, 2.75) is 77.3 Å². The van der Waals surface area contributed by atoms with Crippen molar-refractivity contribution in [2.75, 3.05) is 6.54 Å². The lowest BCUT2D eigenvalue weighted by molar-refractivity contribution is -0.143. The molecule has 2 bridgehead atoms. The highest BCUT2D eigenvalue weighted by Crippen LogP contribution is 2.57. The first-order valence-corrected chi connectivity index (χ1v) is 17.2. The first-order chi connectivity index (χ1) is 23.1. The summed E-state index contributed by atoms with van der Waals surface area (Å²) in [6, 6.07) is 34.8. The molecule has 4 aromatic rings. The fourth-order valence-corrected chi connectivity index (χ4v) is 7.43. The molecule has 0 radical (unpaired) electrons. The minimum atomic E-state index is -0.769. The number of fused-ring (bicyclic) bond motifs is 3. The Labute approximate surface area is 284 Å². The van der Waals surface area contributed by atoms with Crippen LogP contribution in [0.15, 0.2) is 109 Å². The molecule has 3 aliphatic rings. The average Bonchev–Trinajstić information content (AvgIpc) is 3.13. The largest absolute Gasteiger partial charge is 0.351 e. The molecular weight excluding hydrogens is 594 g/mol. The van der Waals surface area contributed by atoms with Gasteiger partial charge in [0, 0.05) is 24.1 Å². The topological polar surface area (TPSA) is 87.3 Å². The zero-order chi connectivity index (χ0) is 33.8. The minimum absolute atomic E-state index is 0.0210. The lowest BCUT2D eigenvalue weighted by Gasteiger charge is -2.52. The molecule has 6 nitrogen and oxygen atoms in total. The van der Waals surface area contributed by atoms with Gasteiger partial charge in [-0.1, -0.05) is 124 Å². The zero-order valence-corrected chi connectivity index (χ0v) is 28.4. The van der Waals surface area contributed by atoms with Crippen LogP contribution in [0.3, 0.4) is 0 Å². The third kappa shape index (κ3) is 7.23. The van der Waals surface area contributed by atoms with Crippen molar-refractivity contribution < 1.29 is 14.4 Å². The molecule has 4 aromatic carbocycles. The molecule has 3 fully saturated rings. The van der Waals surface area contributed by atoms with Crippen LogP contribution in [0.4, 0.5) is 0 Å². The van der Waals surface area contributed by atoms with Gasteiger partial charge in [0.25, 0.3) is 5.91 Å². The summed E-state index contributed by atoms with van der Waals surface area (Å²) in [5.41, 5.74) is 5.21. The Balaban J connectivity index is 1.08. The molecule has 3 aliphatic carbocycles. The Hall–Kier alpha value is -4.71. The monoisotopic (exact) mass is 641 g/mol. The molecule has 1 atom stereocenters. The van der Waals surface area contributed by atoms with Gasteiger partial charge in [-0.15, -0.1) is 0 Å². The summed E-state index contributed by atoms with van der Waals surface area (Å²) in [6.45, 7) is 7.58.